The minimum absolute atomic E-state index is 0.102. The first kappa shape index (κ1) is 11.7. The number of carbonyl (C=O) groups excluding carboxylic acids is 1. The third-order valence-electron chi connectivity index (χ3n) is 3.33. The number of carbonyl (C=O) groups is 2. The first-order chi connectivity index (χ1) is 9.13. The number of rotatable bonds is 2. The van der Waals surface area contributed by atoms with E-state index in [4.69, 9.17) is 9.84 Å². The molecule has 0 atom stereocenters. The molecule has 2 aliphatic rings. The van der Waals surface area contributed by atoms with Gasteiger partial charge in [-0.15, -0.1) is 0 Å². The molecule has 1 aliphatic carbocycles. The summed E-state index contributed by atoms with van der Waals surface area (Å²) in [6, 6.07) is 7.59. The molecular formula is C15H12O4. The fraction of sp³-hybridized carbons (Fsp3) is 0.200. The van der Waals surface area contributed by atoms with Crippen LogP contribution in [0.1, 0.15) is 18.4 Å². The highest BCUT2D eigenvalue weighted by Crippen LogP contribution is 2.37. The van der Waals surface area contributed by atoms with Gasteiger partial charge >= 0.3 is 5.97 Å². The van der Waals surface area contributed by atoms with Crippen LogP contribution in [0.3, 0.4) is 0 Å². The molecule has 19 heavy (non-hydrogen) atoms. The van der Waals surface area contributed by atoms with Gasteiger partial charge in [0.1, 0.15) is 11.5 Å². The van der Waals surface area contributed by atoms with Crippen LogP contribution in [0.4, 0.5) is 0 Å². The van der Waals surface area contributed by atoms with Gasteiger partial charge in [0.05, 0.1) is 6.42 Å². The normalized spacial score (nSPS) is 17.3. The van der Waals surface area contributed by atoms with Crippen molar-refractivity contribution in [1.29, 1.82) is 0 Å². The number of hydrogen-bond donors (Lipinski definition) is 1. The van der Waals surface area contributed by atoms with Crippen LogP contribution in [0.2, 0.25) is 0 Å². The number of fused-ring (bicyclic) bond motifs is 2. The Morgan fingerprint density at radius 1 is 1.26 bits per heavy atom. The van der Waals surface area contributed by atoms with Gasteiger partial charge < -0.3 is 9.84 Å². The lowest BCUT2D eigenvalue weighted by atomic mass is 9.87. The molecule has 0 saturated carbocycles. The smallest absolute Gasteiger partial charge is 0.307 e. The Labute approximate surface area is 110 Å². The number of para-hydroxylation sites is 1. The molecule has 0 unspecified atom stereocenters. The van der Waals surface area contributed by atoms with Gasteiger partial charge in [-0.05, 0) is 22.8 Å². The highest BCUT2D eigenvalue weighted by Gasteiger charge is 2.28. The molecule has 4 heteroatoms. The molecule has 1 N–H and O–H groups in total. The van der Waals surface area contributed by atoms with Gasteiger partial charge in [0.15, 0.2) is 5.78 Å². The van der Waals surface area contributed by atoms with Crippen LogP contribution in [-0.2, 0) is 16.0 Å². The zero-order valence-electron chi connectivity index (χ0n) is 10.2. The number of ether oxygens (including phenoxy) is 1. The molecule has 0 aromatic heterocycles. The fourth-order valence-corrected chi connectivity index (χ4v) is 2.49. The molecular weight excluding hydrogens is 244 g/mol. The molecule has 0 bridgehead atoms. The summed E-state index contributed by atoms with van der Waals surface area (Å²) in [5.74, 6) is 0.220. The van der Waals surface area contributed by atoms with Gasteiger partial charge in [0.25, 0.3) is 0 Å². The molecule has 0 saturated heterocycles. The maximum Gasteiger partial charge on any atom is 0.307 e. The number of carboxylic acid groups (broad SMARTS) is 1. The Kier molecular flexibility index (Phi) is 2.71. The first-order valence-corrected chi connectivity index (χ1v) is 6.07. The number of benzene rings is 1. The molecule has 0 radical (unpaired) electrons. The minimum atomic E-state index is -0.921. The molecule has 4 nitrogen and oxygen atoms in total. The van der Waals surface area contributed by atoms with Gasteiger partial charge in [0, 0.05) is 18.9 Å². The van der Waals surface area contributed by atoms with Crippen LogP contribution >= 0.6 is 0 Å². The second kappa shape index (κ2) is 4.39. The van der Waals surface area contributed by atoms with Crippen LogP contribution < -0.4 is 4.74 Å². The van der Waals surface area contributed by atoms with E-state index < -0.39 is 5.97 Å². The SMILES string of the molecule is O=C(O)CC1=C2Cc3ccccc3OC2=CC(=O)C1. The molecule has 0 fully saturated rings. The van der Waals surface area contributed by atoms with Gasteiger partial charge in [0.2, 0.25) is 0 Å². The summed E-state index contributed by atoms with van der Waals surface area (Å²) >= 11 is 0. The summed E-state index contributed by atoms with van der Waals surface area (Å²) in [4.78, 5) is 22.5. The van der Waals surface area contributed by atoms with E-state index in [1.165, 1.54) is 6.08 Å². The number of aliphatic carboxylic acids is 1. The number of ketones is 1. The Bertz CT molecular complexity index is 637. The highest BCUT2D eigenvalue weighted by molar-refractivity contribution is 5.95. The monoisotopic (exact) mass is 256 g/mol. The topological polar surface area (TPSA) is 63.6 Å². The number of allylic oxidation sites excluding steroid dienone is 2. The maximum absolute atomic E-state index is 11.6. The maximum atomic E-state index is 11.6. The summed E-state index contributed by atoms with van der Waals surface area (Å²) in [7, 11) is 0. The van der Waals surface area contributed by atoms with E-state index in [0.717, 1.165) is 16.9 Å². The quantitative estimate of drug-likeness (QED) is 0.881. The first-order valence-electron chi connectivity index (χ1n) is 6.07. The van der Waals surface area contributed by atoms with Crippen LogP contribution in [0.5, 0.6) is 5.75 Å². The van der Waals surface area contributed by atoms with Crippen molar-refractivity contribution in [2.75, 3.05) is 0 Å². The lowest BCUT2D eigenvalue weighted by molar-refractivity contribution is -0.136. The van der Waals surface area contributed by atoms with Gasteiger partial charge in [-0.25, -0.2) is 0 Å². The van der Waals surface area contributed by atoms with E-state index in [2.05, 4.69) is 0 Å². The standard InChI is InChI=1S/C15H12O4/c16-11-5-10(7-15(17)18)12-6-9-3-1-2-4-13(9)19-14(12)8-11/h1-4,8H,5-7H2,(H,17,18). The predicted molar refractivity (Wildman–Crippen MR) is 67.8 cm³/mol. The Balaban J connectivity index is 2.06. The zero-order chi connectivity index (χ0) is 13.4. The second-order valence-electron chi connectivity index (χ2n) is 4.69. The summed E-state index contributed by atoms with van der Waals surface area (Å²) < 4.78 is 5.71. The third-order valence-corrected chi connectivity index (χ3v) is 3.33. The molecule has 1 heterocycles. The lowest BCUT2D eigenvalue weighted by Crippen LogP contribution is -2.19. The fourth-order valence-electron chi connectivity index (χ4n) is 2.49. The van der Waals surface area contributed by atoms with E-state index in [9.17, 15) is 9.59 Å². The van der Waals surface area contributed by atoms with Crippen LogP contribution in [-0.4, -0.2) is 16.9 Å². The summed E-state index contributed by atoms with van der Waals surface area (Å²) in [5.41, 5.74) is 2.53. The average molecular weight is 256 g/mol. The van der Waals surface area contributed by atoms with Crippen molar-refractivity contribution in [3.63, 3.8) is 0 Å². The van der Waals surface area contributed by atoms with Crippen LogP contribution in [0, 0.1) is 0 Å². The van der Waals surface area contributed by atoms with Crippen molar-refractivity contribution in [3.8, 4) is 5.75 Å². The van der Waals surface area contributed by atoms with E-state index in [1.807, 2.05) is 24.3 Å². The Morgan fingerprint density at radius 2 is 2.05 bits per heavy atom. The summed E-state index contributed by atoms with van der Waals surface area (Å²) in [6.45, 7) is 0. The number of carboxylic acids is 1. The summed E-state index contributed by atoms with van der Waals surface area (Å²) in [5, 5.41) is 8.93. The van der Waals surface area contributed by atoms with Crippen LogP contribution in [0.15, 0.2) is 47.2 Å². The van der Waals surface area contributed by atoms with Crippen LogP contribution in [0.25, 0.3) is 0 Å². The van der Waals surface area contributed by atoms with E-state index in [0.29, 0.717) is 17.8 Å². The second-order valence-corrected chi connectivity index (χ2v) is 4.69. The molecule has 1 aromatic rings. The van der Waals surface area contributed by atoms with Crippen molar-refractivity contribution in [3.05, 3.63) is 52.8 Å². The molecule has 0 amide bonds. The third kappa shape index (κ3) is 2.17. The molecule has 1 aliphatic heterocycles. The van der Waals surface area contributed by atoms with Gasteiger partial charge in [-0.1, -0.05) is 18.2 Å². The molecule has 0 spiro atoms. The van der Waals surface area contributed by atoms with Gasteiger partial charge in [-0.2, -0.15) is 0 Å². The molecule has 1 aromatic carbocycles. The highest BCUT2D eigenvalue weighted by atomic mass is 16.5. The predicted octanol–water partition coefficient (Wildman–Crippen LogP) is 2.25. The lowest BCUT2D eigenvalue weighted by Gasteiger charge is -2.27. The Hall–Kier alpha value is -2.36. The van der Waals surface area contributed by atoms with Crippen molar-refractivity contribution in [1.82, 2.24) is 0 Å². The van der Waals surface area contributed by atoms with Crippen molar-refractivity contribution in [2.45, 2.75) is 19.3 Å². The number of hydrogen-bond acceptors (Lipinski definition) is 3. The van der Waals surface area contributed by atoms with Crippen molar-refractivity contribution >= 4 is 11.8 Å². The molecule has 96 valence electrons. The van der Waals surface area contributed by atoms with E-state index in [-0.39, 0.29) is 18.6 Å². The minimum Gasteiger partial charge on any atom is -0.481 e. The van der Waals surface area contributed by atoms with Crippen molar-refractivity contribution < 1.29 is 19.4 Å². The average Bonchev–Trinajstić information content (AvgIpc) is 2.36. The Morgan fingerprint density at radius 3 is 2.84 bits per heavy atom. The molecule has 3 rings (SSSR count). The largest absolute Gasteiger partial charge is 0.481 e. The van der Waals surface area contributed by atoms with E-state index in [1.54, 1.807) is 0 Å². The van der Waals surface area contributed by atoms with E-state index >= 15 is 0 Å². The zero-order valence-corrected chi connectivity index (χ0v) is 10.2. The summed E-state index contributed by atoms with van der Waals surface area (Å²) in [6.07, 6.45) is 2.16. The van der Waals surface area contributed by atoms with Gasteiger partial charge in [-0.3, -0.25) is 9.59 Å². The van der Waals surface area contributed by atoms with Crippen molar-refractivity contribution in [2.24, 2.45) is 0 Å².